The summed E-state index contributed by atoms with van der Waals surface area (Å²) in [6.07, 6.45) is -0.148. The fourth-order valence-corrected chi connectivity index (χ4v) is 4.61. The molecule has 1 atom stereocenters. The van der Waals surface area contributed by atoms with Crippen molar-refractivity contribution in [3.63, 3.8) is 0 Å². The van der Waals surface area contributed by atoms with Crippen molar-refractivity contribution < 1.29 is 13.2 Å². The van der Waals surface area contributed by atoms with Crippen LogP contribution in [0.3, 0.4) is 0 Å². The van der Waals surface area contributed by atoms with Crippen LogP contribution in [0.15, 0.2) is 27.6 Å². The SMILES string of the molecule is CC1CN(S(=O)(=O)c2ccc(Br)cc2N)CC(C)(C)O1. The first-order chi connectivity index (χ1) is 9.12. The third kappa shape index (κ3) is 3.16. The van der Waals surface area contributed by atoms with Crippen molar-refractivity contribution >= 4 is 31.6 Å². The summed E-state index contributed by atoms with van der Waals surface area (Å²) in [5.74, 6) is 0. The second-order valence-corrected chi connectivity index (χ2v) is 8.49. The third-order valence-electron chi connectivity index (χ3n) is 3.13. The zero-order chi connectivity index (χ0) is 15.1. The highest BCUT2D eigenvalue weighted by molar-refractivity contribution is 9.10. The van der Waals surface area contributed by atoms with Crippen LogP contribution in [0.4, 0.5) is 5.69 Å². The van der Waals surface area contributed by atoms with Crippen LogP contribution in [0.25, 0.3) is 0 Å². The summed E-state index contributed by atoms with van der Waals surface area (Å²) in [4.78, 5) is 0.144. The number of ether oxygens (including phenoxy) is 1. The van der Waals surface area contributed by atoms with Gasteiger partial charge in [-0.2, -0.15) is 4.31 Å². The number of halogens is 1. The predicted octanol–water partition coefficient (Wildman–Crippen LogP) is 2.22. The summed E-state index contributed by atoms with van der Waals surface area (Å²) in [5.41, 5.74) is 5.59. The first-order valence-electron chi connectivity index (χ1n) is 6.35. The molecule has 0 aromatic heterocycles. The van der Waals surface area contributed by atoms with Gasteiger partial charge in [0.15, 0.2) is 0 Å². The molecule has 2 rings (SSSR count). The average Bonchev–Trinajstić information content (AvgIpc) is 2.25. The van der Waals surface area contributed by atoms with E-state index in [0.717, 1.165) is 4.47 Å². The lowest BCUT2D eigenvalue weighted by Crippen LogP contribution is -2.53. The maximum absolute atomic E-state index is 12.7. The summed E-state index contributed by atoms with van der Waals surface area (Å²) >= 11 is 3.28. The molecule has 1 aliphatic heterocycles. The Morgan fingerprint density at radius 2 is 2.10 bits per heavy atom. The van der Waals surface area contributed by atoms with Gasteiger partial charge < -0.3 is 10.5 Å². The van der Waals surface area contributed by atoms with E-state index in [1.165, 1.54) is 10.4 Å². The first-order valence-corrected chi connectivity index (χ1v) is 8.58. The Morgan fingerprint density at radius 3 is 2.65 bits per heavy atom. The number of rotatable bonds is 2. The van der Waals surface area contributed by atoms with Crippen LogP contribution in [0.5, 0.6) is 0 Å². The monoisotopic (exact) mass is 362 g/mol. The van der Waals surface area contributed by atoms with Gasteiger partial charge in [-0.1, -0.05) is 15.9 Å². The zero-order valence-electron chi connectivity index (χ0n) is 11.8. The number of sulfonamides is 1. The zero-order valence-corrected chi connectivity index (χ0v) is 14.2. The van der Waals surface area contributed by atoms with E-state index in [9.17, 15) is 8.42 Å². The van der Waals surface area contributed by atoms with E-state index in [4.69, 9.17) is 10.5 Å². The quantitative estimate of drug-likeness (QED) is 0.818. The minimum atomic E-state index is -3.61. The van der Waals surface area contributed by atoms with Crippen molar-refractivity contribution in [1.82, 2.24) is 4.31 Å². The Balaban J connectivity index is 2.39. The Morgan fingerprint density at radius 1 is 1.45 bits per heavy atom. The fourth-order valence-electron chi connectivity index (χ4n) is 2.47. The molecule has 0 radical (unpaired) electrons. The van der Waals surface area contributed by atoms with Crippen LogP contribution in [0.1, 0.15) is 20.8 Å². The van der Waals surface area contributed by atoms with Crippen LogP contribution in [0, 0.1) is 0 Å². The summed E-state index contributed by atoms with van der Waals surface area (Å²) in [5, 5.41) is 0. The number of morpholine rings is 1. The summed E-state index contributed by atoms with van der Waals surface area (Å²) in [6, 6.07) is 4.81. The second kappa shape index (κ2) is 5.29. The van der Waals surface area contributed by atoms with Crippen molar-refractivity contribution in [1.29, 1.82) is 0 Å². The highest BCUT2D eigenvalue weighted by Crippen LogP contribution is 2.30. The van der Waals surface area contributed by atoms with Gasteiger partial charge in [0, 0.05) is 17.6 Å². The number of benzene rings is 1. The molecule has 0 saturated carbocycles. The molecule has 0 spiro atoms. The molecule has 1 saturated heterocycles. The van der Waals surface area contributed by atoms with Crippen molar-refractivity contribution in [2.24, 2.45) is 0 Å². The summed E-state index contributed by atoms with van der Waals surface area (Å²) in [6.45, 7) is 6.29. The molecule has 1 aliphatic rings. The first kappa shape index (κ1) is 15.8. The minimum Gasteiger partial charge on any atom is -0.398 e. The largest absolute Gasteiger partial charge is 0.398 e. The molecule has 0 bridgehead atoms. The molecule has 1 unspecified atom stereocenters. The smallest absolute Gasteiger partial charge is 0.245 e. The number of nitrogens with zero attached hydrogens (tertiary/aromatic N) is 1. The lowest BCUT2D eigenvalue weighted by Gasteiger charge is -2.41. The lowest BCUT2D eigenvalue weighted by molar-refractivity contribution is -0.109. The molecule has 1 aromatic rings. The fraction of sp³-hybridized carbons (Fsp3) is 0.538. The van der Waals surface area contributed by atoms with E-state index < -0.39 is 15.6 Å². The van der Waals surface area contributed by atoms with E-state index in [2.05, 4.69) is 15.9 Å². The van der Waals surface area contributed by atoms with Crippen molar-refractivity contribution in [3.8, 4) is 0 Å². The molecule has 0 amide bonds. The summed E-state index contributed by atoms with van der Waals surface area (Å²) in [7, 11) is -3.61. The van der Waals surface area contributed by atoms with Gasteiger partial charge >= 0.3 is 0 Å². The molecule has 0 aliphatic carbocycles. The number of nitrogens with two attached hydrogens (primary N) is 1. The maximum Gasteiger partial charge on any atom is 0.245 e. The van der Waals surface area contributed by atoms with E-state index in [-0.39, 0.29) is 16.7 Å². The van der Waals surface area contributed by atoms with Crippen molar-refractivity contribution in [2.75, 3.05) is 18.8 Å². The normalized spacial score (nSPS) is 23.7. The molecule has 2 N–H and O–H groups in total. The third-order valence-corrected chi connectivity index (χ3v) is 5.51. The summed E-state index contributed by atoms with van der Waals surface area (Å²) < 4.78 is 33.4. The van der Waals surface area contributed by atoms with Crippen LogP contribution < -0.4 is 5.73 Å². The number of anilines is 1. The van der Waals surface area contributed by atoms with Gasteiger partial charge in [-0.3, -0.25) is 0 Å². The molecular weight excluding hydrogens is 344 g/mol. The maximum atomic E-state index is 12.7. The molecule has 20 heavy (non-hydrogen) atoms. The van der Waals surface area contributed by atoms with Crippen molar-refractivity contribution in [3.05, 3.63) is 22.7 Å². The standard InChI is InChI=1S/C13H19BrN2O3S/c1-9-7-16(8-13(2,3)19-9)20(17,18)12-5-4-10(14)6-11(12)15/h4-6,9H,7-8,15H2,1-3H3. The average molecular weight is 363 g/mol. The topological polar surface area (TPSA) is 72.6 Å². The van der Waals surface area contributed by atoms with Crippen molar-refractivity contribution in [2.45, 2.75) is 37.4 Å². The molecule has 1 aromatic carbocycles. The lowest BCUT2D eigenvalue weighted by atomic mass is 10.1. The van der Waals surface area contributed by atoms with E-state index in [1.807, 2.05) is 20.8 Å². The molecular formula is C13H19BrN2O3S. The Bertz CT molecular complexity index is 616. The van der Waals surface area contributed by atoms with Gasteiger partial charge in [0.25, 0.3) is 0 Å². The molecule has 7 heteroatoms. The highest BCUT2D eigenvalue weighted by Gasteiger charge is 2.38. The number of hydrogen-bond donors (Lipinski definition) is 1. The van der Waals surface area contributed by atoms with E-state index in [0.29, 0.717) is 13.1 Å². The van der Waals surface area contributed by atoms with Crippen LogP contribution in [-0.2, 0) is 14.8 Å². The Labute approximate surface area is 128 Å². The van der Waals surface area contributed by atoms with E-state index in [1.54, 1.807) is 12.1 Å². The van der Waals surface area contributed by atoms with Gasteiger partial charge in [-0.25, -0.2) is 8.42 Å². The Kier molecular flexibility index (Phi) is 4.17. The molecule has 1 fully saturated rings. The van der Waals surface area contributed by atoms with Gasteiger partial charge in [-0.05, 0) is 39.0 Å². The Hall–Kier alpha value is -0.630. The van der Waals surface area contributed by atoms with Crippen LogP contribution in [-0.4, -0.2) is 37.5 Å². The van der Waals surface area contributed by atoms with Gasteiger partial charge in [0.05, 0.1) is 17.4 Å². The number of nitrogen functional groups attached to an aromatic ring is 1. The predicted molar refractivity (Wildman–Crippen MR) is 81.9 cm³/mol. The highest BCUT2D eigenvalue weighted by atomic mass is 79.9. The second-order valence-electron chi connectivity index (χ2n) is 5.67. The van der Waals surface area contributed by atoms with Gasteiger partial charge in [0.2, 0.25) is 10.0 Å². The minimum absolute atomic E-state index is 0.144. The molecule has 5 nitrogen and oxygen atoms in total. The van der Waals surface area contributed by atoms with E-state index >= 15 is 0 Å². The van der Waals surface area contributed by atoms with Crippen LogP contribution >= 0.6 is 15.9 Å². The molecule has 1 heterocycles. The van der Waals surface area contributed by atoms with Gasteiger partial charge in [0.1, 0.15) is 4.90 Å². The van der Waals surface area contributed by atoms with Crippen LogP contribution in [0.2, 0.25) is 0 Å². The number of hydrogen-bond acceptors (Lipinski definition) is 4. The van der Waals surface area contributed by atoms with Gasteiger partial charge in [-0.15, -0.1) is 0 Å². The molecule has 112 valence electrons.